The molecule has 0 radical (unpaired) electrons. The van der Waals surface area contributed by atoms with Gasteiger partial charge >= 0.3 is 6.18 Å². The third-order valence-corrected chi connectivity index (χ3v) is 6.61. The second-order valence-electron chi connectivity index (χ2n) is 8.44. The Bertz CT molecular complexity index is 1270. The van der Waals surface area contributed by atoms with Crippen LogP contribution in [-0.2, 0) is 6.54 Å². The van der Waals surface area contributed by atoms with Crippen LogP contribution in [0.25, 0.3) is 6.08 Å². The minimum Gasteiger partial charge on any atom is -0.337 e. The molecule has 0 bridgehead atoms. The summed E-state index contributed by atoms with van der Waals surface area (Å²) in [5.74, 6) is -2.02. The van der Waals surface area contributed by atoms with Gasteiger partial charge in [-0.15, -0.1) is 0 Å². The highest BCUT2D eigenvalue weighted by molar-refractivity contribution is 9.10. The van der Waals surface area contributed by atoms with E-state index in [1.54, 1.807) is 68.6 Å². The van der Waals surface area contributed by atoms with Gasteiger partial charge in [0.05, 0.1) is 11.5 Å². The molecule has 1 unspecified atom stereocenters. The second-order valence-corrected chi connectivity index (χ2v) is 9.29. The molecule has 0 aliphatic carbocycles. The fourth-order valence-electron chi connectivity index (χ4n) is 3.70. The number of allylic oxidation sites excluding steroid dienone is 1. The van der Waals surface area contributed by atoms with E-state index in [1.807, 2.05) is 6.92 Å². The zero-order valence-corrected chi connectivity index (χ0v) is 21.2. The highest BCUT2D eigenvalue weighted by Crippen LogP contribution is 2.37. The van der Waals surface area contributed by atoms with Gasteiger partial charge in [0.25, 0.3) is 5.91 Å². The molecule has 0 aliphatic heterocycles. The van der Waals surface area contributed by atoms with Crippen LogP contribution in [0, 0.1) is 13.8 Å². The number of hydrogen-bond acceptors (Lipinski definition) is 2. The molecule has 7 heteroatoms. The standard InChI is InChI=1S/C28H25BrF3NO2/c1-18-8-11-21(14-19(18)2)25(28(30,31)32)13-10-20-9-12-22(26(29)15-20)16-33(3)27(35)24-7-5-4-6-23(24)17-34/h4-15,17,25H,16H2,1-3H3/b13-10+. The lowest BCUT2D eigenvalue weighted by molar-refractivity contribution is -0.139. The van der Waals surface area contributed by atoms with E-state index in [9.17, 15) is 22.8 Å². The molecule has 3 rings (SSSR count). The van der Waals surface area contributed by atoms with Crippen LogP contribution in [0.3, 0.4) is 0 Å². The molecule has 3 aromatic carbocycles. The number of amides is 1. The van der Waals surface area contributed by atoms with Crippen molar-refractivity contribution >= 4 is 34.2 Å². The van der Waals surface area contributed by atoms with Gasteiger partial charge < -0.3 is 4.90 Å². The van der Waals surface area contributed by atoms with Gasteiger partial charge in [0.1, 0.15) is 0 Å². The Balaban J connectivity index is 1.79. The van der Waals surface area contributed by atoms with E-state index >= 15 is 0 Å². The molecule has 0 saturated heterocycles. The Hall–Kier alpha value is -3.19. The van der Waals surface area contributed by atoms with Crippen LogP contribution in [0.1, 0.15) is 54.5 Å². The maximum atomic E-state index is 13.8. The summed E-state index contributed by atoms with van der Waals surface area (Å²) in [6.07, 6.45) is -1.16. The summed E-state index contributed by atoms with van der Waals surface area (Å²) in [5, 5.41) is 0. The quantitative estimate of drug-likeness (QED) is 0.289. The van der Waals surface area contributed by atoms with Gasteiger partial charge in [-0.05, 0) is 53.8 Å². The monoisotopic (exact) mass is 543 g/mol. The van der Waals surface area contributed by atoms with Crippen molar-refractivity contribution in [3.63, 3.8) is 0 Å². The van der Waals surface area contributed by atoms with Crippen LogP contribution in [0.15, 0.2) is 71.2 Å². The Morgan fingerprint density at radius 1 is 1.03 bits per heavy atom. The van der Waals surface area contributed by atoms with E-state index in [-0.39, 0.29) is 18.0 Å². The first-order valence-corrected chi connectivity index (χ1v) is 11.7. The minimum atomic E-state index is -4.42. The molecule has 0 N–H and O–H groups in total. The molecule has 0 spiro atoms. The minimum absolute atomic E-state index is 0.197. The number of nitrogens with zero attached hydrogens (tertiary/aromatic N) is 1. The predicted octanol–water partition coefficient (Wildman–Crippen LogP) is 7.51. The van der Waals surface area contributed by atoms with Crippen LogP contribution in [-0.4, -0.2) is 30.3 Å². The van der Waals surface area contributed by atoms with Crippen molar-refractivity contribution in [2.75, 3.05) is 7.05 Å². The molecule has 0 heterocycles. The van der Waals surface area contributed by atoms with Crippen molar-refractivity contribution in [1.82, 2.24) is 4.90 Å². The lowest BCUT2D eigenvalue weighted by Gasteiger charge is -2.19. The van der Waals surface area contributed by atoms with Crippen LogP contribution in [0.2, 0.25) is 0 Å². The van der Waals surface area contributed by atoms with Gasteiger partial charge in [0, 0.05) is 23.6 Å². The maximum absolute atomic E-state index is 13.8. The fourth-order valence-corrected chi connectivity index (χ4v) is 4.22. The van der Waals surface area contributed by atoms with Gasteiger partial charge in [0.15, 0.2) is 6.29 Å². The number of hydrogen-bond donors (Lipinski definition) is 0. The Kier molecular flexibility index (Phi) is 8.33. The largest absolute Gasteiger partial charge is 0.399 e. The summed E-state index contributed by atoms with van der Waals surface area (Å²) in [6.45, 7) is 3.91. The normalized spacial score (nSPS) is 12.5. The van der Waals surface area contributed by atoms with E-state index in [0.717, 1.165) is 22.8 Å². The molecule has 0 saturated carbocycles. The summed E-state index contributed by atoms with van der Waals surface area (Å²) >= 11 is 3.47. The first-order valence-electron chi connectivity index (χ1n) is 10.9. The SMILES string of the molecule is Cc1ccc(C(/C=C/c2ccc(CN(C)C(=O)c3ccccc3C=O)c(Br)c2)C(F)(F)F)cc1C. The average molecular weight is 544 g/mol. The number of halogens is 4. The van der Waals surface area contributed by atoms with E-state index < -0.39 is 12.1 Å². The Morgan fingerprint density at radius 2 is 1.74 bits per heavy atom. The topological polar surface area (TPSA) is 37.4 Å². The molecule has 1 atom stereocenters. The molecule has 0 aliphatic rings. The summed E-state index contributed by atoms with van der Waals surface area (Å²) in [4.78, 5) is 25.5. The molecule has 35 heavy (non-hydrogen) atoms. The number of aryl methyl sites for hydroxylation is 2. The van der Waals surface area contributed by atoms with E-state index in [4.69, 9.17) is 0 Å². The van der Waals surface area contributed by atoms with Crippen LogP contribution in [0.5, 0.6) is 0 Å². The number of rotatable bonds is 7. The first-order chi connectivity index (χ1) is 16.5. The lowest BCUT2D eigenvalue weighted by Crippen LogP contribution is -2.27. The van der Waals surface area contributed by atoms with Crippen molar-refractivity contribution in [2.45, 2.75) is 32.5 Å². The van der Waals surface area contributed by atoms with Crippen molar-refractivity contribution < 1.29 is 22.8 Å². The van der Waals surface area contributed by atoms with Gasteiger partial charge in [0.2, 0.25) is 0 Å². The molecule has 0 fully saturated rings. The molecule has 3 aromatic rings. The van der Waals surface area contributed by atoms with Gasteiger partial charge in [-0.3, -0.25) is 9.59 Å². The fraction of sp³-hybridized carbons (Fsp3) is 0.214. The molecule has 182 valence electrons. The summed E-state index contributed by atoms with van der Waals surface area (Å²) in [7, 11) is 1.63. The molecule has 0 aromatic heterocycles. The number of alkyl halides is 3. The predicted molar refractivity (Wildman–Crippen MR) is 136 cm³/mol. The van der Waals surface area contributed by atoms with Crippen LogP contribution >= 0.6 is 15.9 Å². The van der Waals surface area contributed by atoms with Crippen molar-refractivity contribution in [1.29, 1.82) is 0 Å². The number of benzene rings is 3. The molecule has 1 amide bonds. The van der Waals surface area contributed by atoms with Gasteiger partial charge in [-0.25, -0.2) is 0 Å². The lowest BCUT2D eigenvalue weighted by atomic mass is 9.94. The summed E-state index contributed by atoms with van der Waals surface area (Å²) < 4.78 is 42.0. The van der Waals surface area contributed by atoms with E-state index in [1.165, 1.54) is 17.0 Å². The second kappa shape index (κ2) is 11.0. The number of aldehydes is 1. The summed E-state index contributed by atoms with van der Waals surface area (Å²) in [5.41, 5.74) is 3.95. The maximum Gasteiger partial charge on any atom is 0.399 e. The average Bonchev–Trinajstić information content (AvgIpc) is 2.81. The zero-order valence-electron chi connectivity index (χ0n) is 19.6. The van der Waals surface area contributed by atoms with Gasteiger partial charge in [-0.2, -0.15) is 13.2 Å². The van der Waals surface area contributed by atoms with Crippen molar-refractivity contribution in [3.8, 4) is 0 Å². The molecule has 3 nitrogen and oxygen atoms in total. The summed E-state index contributed by atoms with van der Waals surface area (Å²) in [6, 6.07) is 16.5. The van der Waals surface area contributed by atoms with E-state index in [0.29, 0.717) is 27.4 Å². The van der Waals surface area contributed by atoms with Crippen LogP contribution in [0.4, 0.5) is 13.2 Å². The van der Waals surface area contributed by atoms with Crippen molar-refractivity contribution in [2.24, 2.45) is 0 Å². The van der Waals surface area contributed by atoms with Crippen molar-refractivity contribution in [3.05, 3.63) is 110 Å². The zero-order chi connectivity index (χ0) is 25.8. The van der Waals surface area contributed by atoms with Gasteiger partial charge in [-0.1, -0.05) is 76.6 Å². The Labute approximate surface area is 211 Å². The third-order valence-electron chi connectivity index (χ3n) is 5.87. The highest BCUT2D eigenvalue weighted by Gasteiger charge is 2.38. The Morgan fingerprint density at radius 3 is 2.37 bits per heavy atom. The third kappa shape index (κ3) is 6.48. The number of carbonyl (C=O) groups excluding carboxylic acids is 2. The highest BCUT2D eigenvalue weighted by atomic mass is 79.9. The number of carbonyl (C=O) groups is 2. The molecular weight excluding hydrogens is 519 g/mol. The van der Waals surface area contributed by atoms with Crippen LogP contribution < -0.4 is 0 Å². The smallest absolute Gasteiger partial charge is 0.337 e. The molecular formula is C28H25BrF3NO2. The first kappa shape index (κ1) is 26.4. The van der Waals surface area contributed by atoms with E-state index in [2.05, 4.69) is 15.9 Å².